The zero-order valence-corrected chi connectivity index (χ0v) is 12.4. The maximum Gasteiger partial charge on any atom is 0.251 e. The minimum atomic E-state index is -0.217. The summed E-state index contributed by atoms with van der Waals surface area (Å²) in [6, 6.07) is 5.05. The molecular formula is C14H16ClNO2S. The van der Waals surface area contributed by atoms with Gasteiger partial charge in [0.25, 0.3) is 5.91 Å². The molecule has 0 aliphatic carbocycles. The summed E-state index contributed by atoms with van der Waals surface area (Å²) >= 11 is 7.72. The van der Waals surface area contributed by atoms with Crippen molar-refractivity contribution >= 4 is 29.3 Å². The van der Waals surface area contributed by atoms with Crippen LogP contribution in [-0.2, 0) is 0 Å². The zero-order valence-electron chi connectivity index (χ0n) is 10.9. The Balaban J connectivity index is 2.80. The molecule has 1 aromatic carbocycles. The predicted octanol–water partition coefficient (Wildman–Crippen LogP) is 2.17. The van der Waals surface area contributed by atoms with Gasteiger partial charge in [-0.1, -0.05) is 23.4 Å². The average molecular weight is 298 g/mol. The van der Waals surface area contributed by atoms with Gasteiger partial charge in [-0.2, -0.15) is 11.8 Å². The Bertz CT molecular complexity index is 508. The minimum Gasteiger partial charge on any atom is -0.384 e. The molecule has 0 heterocycles. The number of thioether (sulfide) groups is 1. The van der Waals surface area contributed by atoms with E-state index in [9.17, 15) is 4.79 Å². The highest BCUT2D eigenvalue weighted by Gasteiger charge is 2.10. The molecule has 0 spiro atoms. The van der Waals surface area contributed by atoms with Crippen molar-refractivity contribution in [3.05, 3.63) is 34.3 Å². The molecule has 5 heteroatoms. The van der Waals surface area contributed by atoms with E-state index in [1.165, 1.54) is 0 Å². The number of hydrogen-bond donors (Lipinski definition) is 2. The largest absolute Gasteiger partial charge is 0.384 e. The van der Waals surface area contributed by atoms with Gasteiger partial charge in [-0.15, -0.1) is 0 Å². The van der Waals surface area contributed by atoms with Gasteiger partial charge >= 0.3 is 0 Å². The Morgan fingerprint density at radius 3 is 2.89 bits per heavy atom. The number of benzene rings is 1. The molecule has 102 valence electrons. The first kappa shape index (κ1) is 15.9. The Labute approximate surface area is 122 Å². The van der Waals surface area contributed by atoms with Gasteiger partial charge in [-0.3, -0.25) is 4.79 Å². The topological polar surface area (TPSA) is 49.3 Å². The monoisotopic (exact) mass is 297 g/mol. The number of rotatable bonds is 4. The molecule has 0 radical (unpaired) electrons. The smallest absolute Gasteiger partial charge is 0.251 e. The van der Waals surface area contributed by atoms with E-state index in [4.69, 9.17) is 16.7 Å². The summed E-state index contributed by atoms with van der Waals surface area (Å²) in [6.45, 7) is 1.74. The second-order valence-corrected chi connectivity index (χ2v) is 5.30. The lowest BCUT2D eigenvalue weighted by Gasteiger charge is -2.12. The second-order valence-electron chi connectivity index (χ2n) is 3.98. The van der Waals surface area contributed by atoms with Crippen LogP contribution in [-0.4, -0.2) is 35.7 Å². The maximum atomic E-state index is 12.0. The molecule has 0 aliphatic rings. The molecule has 0 bridgehead atoms. The van der Waals surface area contributed by atoms with Crippen LogP contribution >= 0.6 is 23.4 Å². The molecule has 1 amide bonds. The number of hydrogen-bond acceptors (Lipinski definition) is 3. The number of aliphatic hydroxyl groups excluding tert-OH is 1. The van der Waals surface area contributed by atoms with Crippen LogP contribution in [0.25, 0.3) is 0 Å². The van der Waals surface area contributed by atoms with E-state index in [0.717, 1.165) is 5.75 Å². The number of carbonyl (C=O) groups is 1. The number of aliphatic hydroxyl groups is 1. The number of nitrogens with one attached hydrogen (secondary N) is 1. The number of carbonyl (C=O) groups excluding carboxylic acids is 1. The molecular weight excluding hydrogens is 282 g/mol. The van der Waals surface area contributed by atoms with Crippen LogP contribution in [0.1, 0.15) is 22.8 Å². The summed E-state index contributed by atoms with van der Waals surface area (Å²) in [5, 5.41) is 11.9. The van der Waals surface area contributed by atoms with Crippen molar-refractivity contribution in [3.8, 4) is 11.8 Å². The van der Waals surface area contributed by atoms with Crippen LogP contribution in [0.3, 0.4) is 0 Å². The van der Waals surface area contributed by atoms with Gasteiger partial charge in [0.15, 0.2) is 0 Å². The molecule has 0 fully saturated rings. The summed E-state index contributed by atoms with van der Waals surface area (Å²) < 4.78 is 0. The van der Waals surface area contributed by atoms with Crippen molar-refractivity contribution in [1.82, 2.24) is 5.32 Å². The molecule has 1 atom stereocenters. The van der Waals surface area contributed by atoms with Crippen LogP contribution in [0, 0.1) is 11.8 Å². The van der Waals surface area contributed by atoms with E-state index in [2.05, 4.69) is 17.2 Å². The normalized spacial score (nSPS) is 11.4. The van der Waals surface area contributed by atoms with Crippen molar-refractivity contribution in [2.75, 3.05) is 18.6 Å². The lowest BCUT2D eigenvalue weighted by atomic mass is 10.1. The Kier molecular flexibility index (Phi) is 6.79. The Hall–Kier alpha value is -1.15. The minimum absolute atomic E-state index is 0.107. The molecule has 1 aromatic rings. The van der Waals surface area contributed by atoms with Gasteiger partial charge < -0.3 is 10.4 Å². The Morgan fingerprint density at radius 1 is 1.58 bits per heavy atom. The lowest BCUT2D eigenvalue weighted by Crippen LogP contribution is -2.34. The first-order valence-corrected chi connectivity index (χ1v) is 7.54. The molecule has 2 N–H and O–H groups in total. The molecule has 0 saturated heterocycles. The van der Waals surface area contributed by atoms with Crippen molar-refractivity contribution in [2.24, 2.45) is 0 Å². The molecule has 0 saturated carbocycles. The van der Waals surface area contributed by atoms with E-state index in [1.807, 2.05) is 13.2 Å². The average Bonchev–Trinajstić information content (AvgIpc) is 2.37. The predicted molar refractivity (Wildman–Crippen MR) is 80.7 cm³/mol. The fourth-order valence-corrected chi connectivity index (χ4v) is 2.30. The molecule has 19 heavy (non-hydrogen) atoms. The van der Waals surface area contributed by atoms with E-state index in [0.29, 0.717) is 16.1 Å². The van der Waals surface area contributed by atoms with Crippen molar-refractivity contribution in [2.45, 2.75) is 13.0 Å². The zero-order chi connectivity index (χ0) is 14.3. The summed E-state index contributed by atoms with van der Waals surface area (Å²) in [6.07, 6.45) is 1.99. The van der Waals surface area contributed by atoms with Crippen molar-refractivity contribution in [3.63, 3.8) is 0 Å². The van der Waals surface area contributed by atoms with Gasteiger partial charge in [-0.25, -0.2) is 0 Å². The molecule has 1 unspecified atom stereocenters. The van der Waals surface area contributed by atoms with Crippen LogP contribution in [0.2, 0.25) is 5.02 Å². The second kappa shape index (κ2) is 8.11. The van der Waals surface area contributed by atoms with Crippen LogP contribution in [0.4, 0.5) is 0 Å². The van der Waals surface area contributed by atoms with Crippen LogP contribution in [0.5, 0.6) is 0 Å². The highest BCUT2D eigenvalue weighted by molar-refractivity contribution is 7.98. The third-order valence-corrected chi connectivity index (χ3v) is 3.47. The fraction of sp³-hybridized carbons (Fsp3) is 0.357. The number of amides is 1. The van der Waals surface area contributed by atoms with Crippen molar-refractivity contribution < 1.29 is 9.90 Å². The van der Waals surface area contributed by atoms with Gasteiger partial charge in [0.2, 0.25) is 0 Å². The Morgan fingerprint density at radius 2 is 2.32 bits per heavy atom. The summed E-state index contributed by atoms with van der Waals surface area (Å²) in [5.74, 6) is 5.96. The third kappa shape index (κ3) is 5.15. The first-order valence-electron chi connectivity index (χ1n) is 5.77. The summed E-state index contributed by atoms with van der Waals surface area (Å²) in [5.41, 5.74) is 1.11. The van der Waals surface area contributed by atoms with Gasteiger partial charge in [0.05, 0.1) is 5.02 Å². The highest BCUT2D eigenvalue weighted by Crippen LogP contribution is 2.17. The molecule has 3 nitrogen and oxygen atoms in total. The molecule has 0 aromatic heterocycles. The van der Waals surface area contributed by atoms with E-state index in [-0.39, 0.29) is 18.6 Å². The van der Waals surface area contributed by atoms with E-state index < -0.39 is 0 Å². The summed E-state index contributed by atoms with van der Waals surface area (Å²) in [7, 11) is 0. The maximum absolute atomic E-state index is 12.0. The van der Waals surface area contributed by atoms with Crippen molar-refractivity contribution in [1.29, 1.82) is 0 Å². The molecule has 1 rings (SSSR count). The quantitative estimate of drug-likeness (QED) is 0.838. The number of halogens is 1. The van der Waals surface area contributed by atoms with Crippen LogP contribution in [0.15, 0.2) is 18.2 Å². The van der Waals surface area contributed by atoms with E-state index in [1.54, 1.807) is 30.0 Å². The van der Waals surface area contributed by atoms with Gasteiger partial charge in [0.1, 0.15) is 6.61 Å². The lowest BCUT2D eigenvalue weighted by molar-refractivity contribution is 0.0944. The van der Waals surface area contributed by atoms with Gasteiger partial charge in [-0.05, 0) is 31.4 Å². The SMILES string of the molecule is CSCC(C)NC(=O)c1ccc(C#CCO)c(Cl)c1. The van der Waals surface area contributed by atoms with Gasteiger partial charge in [0, 0.05) is 22.9 Å². The first-order chi connectivity index (χ1) is 9.08. The standard InChI is InChI=1S/C14H16ClNO2S/c1-10(9-19-2)16-14(18)12-6-5-11(4-3-7-17)13(15)8-12/h5-6,8,10,17H,7,9H2,1-2H3,(H,16,18). The highest BCUT2D eigenvalue weighted by atomic mass is 35.5. The van der Waals surface area contributed by atoms with E-state index >= 15 is 0 Å². The fourth-order valence-electron chi connectivity index (χ4n) is 1.49. The summed E-state index contributed by atoms with van der Waals surface area (Å²) in [4.78, 5) is 12.0. The van der Waals surface area contributed by atoms with Crippen LogP contribution < -0.4 is 5.32 Å². The molecule has 0 aliphatic heterocycles. The third-order valence-electron chi connectivity index (χ3n) is 2.33.